The third-order valence-corrected chi connectivity index (χ3v) is 8.32. The molecule has 182 valence electrons. The van der Waals surface area contributed by atoms with E-state index in [2.05, 4.69) is 47.8 Å². The Morgan fingerprint density at radius 3 is 2.56 bits per heavy atom. The summed E-state index contributed by atoms with van der Waals surface area (Å²) in [6.45, 7) is 8.88. The lowest BCUT2D eigenvalue weighted by Gasteiger charge is -2.59. The molecule has 2 fully saturated rings. The van der Waals surface area contributed by atoms with Gasteiger partial charge in [-0.05, 0) is 69.5 Å². The second-order valence-corrected chi connectivity index (χ2v) is 11.4. The highest BCUT2D eigenvalue weighted by molar-refractivity contribution is 6.30. The topological polar surface area (TPSA) is 97.7 Å². The van der Waals surface area contributed by atoms with Gasteiger partial charge in [0.2, 0.25) is 0 Å². The van der Waals surface area contributed by atoms with Crippen molar-refractivity contribution >= 4 is 17.4 Å². The number of pyridine rings is 1. The Morgan fingerprint density at radius 2 is 1.86 bits per heavy atom. The molecule has 4 heterocycles. The Hall–Kier alpha value is -3.46. The second kappa shape index (κ2) is 8.03. The molecular formula is C27H27ClN8. The van der Waals surface area contributed by atoms with Gasteiger partial charge in [-0.2, -0.15) is 10.5 Å². The van der Waals surface area contributed by atoms with E-state index in [1.807, 2.05) is 45.0 Å². The lowest BCUT2D eigenvalue weighted by Crippen LogP contribution is -2.62. The Labute approximate surface area is 215 Å². The number of nitriles is 2. The molecule has 36 heavy (non-hydrogen) atoms. The summed E-state index contributed by atoms with van der Waals surface area (Å²) in [6, 6.07) is 14.4. The van der Waals surface area contributed by atoms with Crippen LogP contribution in [-0.2, 0) is 13.1 Å². The molecule has 3 aromatic rings. The number of benzene rings is 1. The van der Waals surface area contributed by atoms with Crippen LogP contribution in [0.1, 0.15) is 61.1 Å². The normalized spacial score (nSPS) is 18.9. The number of anilines is 1. The third kappa shape index (κ3) is 3.56. The number of rotatable bonds is 3. The van der Waals surface area contributed by atoms with Gasteiger partial charge in [0.25, 0.3) is 0 Å². The lowest BCUT2D eigenvalue weighted by atomic mass is 9.57. The van der Waals surface area contributed by atoms with Gasteiger partial charge in [0.05, 0.1) is 29.6 Å². The molecule has 1 aliphatic carbocycles. The molecular weight excluding hydrogens is 472 g/mol. The summed E-state index contributed by atoms with van der Waals surface area (Å²) in [6.07, 6.45) is 2.13. The molecule has 2 aliphatic heterocycles. The van der Waals surface area contributed by atoms with Crippen LogP contribution in [0.4, 0.5) is 5.82 Å². The first kappa shape index (κ1) is 23.0. The van der Waals surface area contributed by atoms with Crippen LogP contribution in [0.2, 0.25) is 5.02 Å². The maximum absolute atomic E-state index is 9.78. The van der Waals surface area contributed by atoms with Gasteiger partial charge in [-0.25, -0.2) is 4.98 Å². The Bertz CT molecular complexity index is 1450. The van der Waals surface area contributed by atoms with E-state index < -0.39 is 5.54 Å². The summed E-state index contributed by atoms with van der Waals surface area (Å²) in [5.74, 6) is 3.15. The van der Waals surface area contributed by atoms with Gasteiger partial charge in [0.15, 0.2) is 5.82 Å². The molecule has 0 N–H and O–H groups in total. The van der Waals surface area contributed by atoms with Gasteiger partial charge in [0.1, 0.15) is 23.3 Å². The minimum Gasteiger partial charge on any atom is -0.355 e. The van der Waals surface area contributed by atoms with Crippen LogP contribution < -0.4 is 4.90 Å². The van der Waals surface area contributed by atoms with Crippen molar-refractivity contribution in [2.45, 2.75) is 58.2 Å². The summed E-state index contributed by atoms with van der Waals surface area (Å²) in [5.41, 5.74) is 3.18. The zero-order chi connectivity index (χ0) is 25.2. The average Bonchev–Trinajstić information content (AvgIpc) is 3.12. The van der Waals surface area contributed by atoms with Gasteiger partial charge in [0, 0.05) is 36.0 Å². The van der Waals surface area contributed by atoms with Gasteiger partial charge in [-0.1, -0.05) is 11.6 Å². The van der Waals surface area contributed by atoms with Crippen LogP contribution in [-0.4, -0.2) is 43.3 Å². The Balaban J connectivity index is 1.24. The molecule has 3 aliphatic rings. The van der Waals surface area contributed by atoms with Crippen molar-refractivity contribution in [2.24, 2.45) is 5.41 Å². The predicted octanol–water partition coefficient (Wildman–Crippen LogP) is 4.50. The standard InChI is InChI=1S/C27H27ClN8/c1-17-18(11-29)4-7-23(31-17)34-15-27(16-34)9-20(10-27)25-33-32-24-13-35(26(2,3)14-30)12-19-8-21(28)5-6-22(19)36(24)25/h4-8,20H,9-10,12-13,15-16H2,1-3H3. The third-order valence-electron chi connectivity index (χ3n) is 8.09. The van der Waals surface area contributed by atoms with Crippen LogP contribution >= 0.6 is 11.6 Å². The van der Waals surface area contributed by atoms with E-state index in [0.29, 0.717) is 29.6 Å². The van der Waals surface area contributed by atoms with Gasteiger partial charge in [-0.3, -0.25) is 9.47 Å². The van der Waals surface area contributed by atoms with Crippen molar-refractivity contribution in [2.75, 3.05) is 18.0 Å². The average molecular weight is 499 g/mol. The second-order valence-electron chi connectivity index (χ2n) is 11.0. The molecule has 1 aromatic carbocycles. The summed E-state index contributed by atoms with van der Waals surface area (Å²) < 4.78 is 2.21. The van der Waals surface area contributed by atoms with Gasteiger partial charge < -0.3 is 4.90 Å². The number of aryl methyl sites for hydroxylation is 1. The van der Waals surface area contributed by atoms with E-state index in [9.17, 15) is 10.5 Å². The number of hydrogen-bond acceptors (Lipinski definition) is 7. The molecule has 0 amide bonds. The molecule has 6 rings (SSSR count). The molecule has 1 spiro atoms. The number of nitrogens with zero attached hydrogens (tertiary/aromatic N) is 8. The van der Waals surface area contributed by atoms with Crippen LogP contribution in [0.5, 0.6) is 0 Å². The first-order valence-corrected chi connectivity index (χ1v) is 12.6. The van der Waals surface area contributed by atoms with E-state index >= 15 is 0 Å². The molecule has 2 aromatic heterocycles. The van der Waals surface area contributed by atoms with Crippen LogP contribution in [0.15, 0.2) is 30.3 Å². The fourth-order valence-electron chi connectivity index (χ4n) is 5.95. The molecule has 0 unspecified atom stereocenters. The SMILES string of the molecule is Cc1nc(N2CC3(CC(c4nnc5n4-c4ccc(Cl)cc4CN(C(C)(C)C#N)C5)C3)C2)ccc1C#N. The zero-order valence-electron chi connectivity index (χ0n) is 20.7. The van der Waals surface area contributed by atoms with Crippen LogP contribution in [0.25, 0.3) is 5.69 Å². The zero-order valence-corrected chi connectivity index (χ0v) is 21.4. The Kier molecular flexibility index (Phi) is 5.12. The minimum atomic E-state index is -0.644. The van der Waals surface area contributed by atoms with Crippen LogP contribution in [0.3, 0.4) is 0 Å². The van der Waals surface area contributed by atoms with E-state index in [-0.39, 0.29) is 5.41 Å². The largest absolute Gasteiger partial charge is 0.355 e. The molecule has 0 bridgehead atoms. The van der Waals surface area contributed by atoms with E-state index in [0.717, 1.165) is 60.3 Å². The smallest absolute Gasteiger partial charge is 0.151 e. The minimum absolute atomic E-state index is 0.281. The van der Waals surface area contributed by atoms with Gasteiger partial charge in [-0.15, -0.1) is 10.2 Å². The summed E-state index contributed by atoms with van der Waals surface area (Å²) in [4.78, 5) is 9.07. The molecule has 9 heteroatoms. The van der Waals surface area contributed by atoms with Crippen molar-refractivity contribution in [3.63, 3.8) is 0 Å². The van der Waals surface area contributed by atoms with Crippen molar-refractivity contribution in [3.8, 4) is 17.8 Å². The fraction of sp³-hybridized carbons (Fsp3) is 0.444. The fourth-order valence-corrected chi connectivity index (χ4v) is 6.15. The van der Waals surface area contributed by atoms with Gasteiger partial charge >= 0.3 is 0 Å². The summed E-state index contributed by atoms with van der Waals surface area (Å²) in [7, 11) is 0. The highest BCUT2D eigenvalue weighted by atomic mass is 35.5. The molecule has 0 radical (unpaired) electrons. The van der Waals surface area contributed by atoms with E-state index in [4.69, 9.17) is 11.6 Å². The Morgan fingerprint density at radius 1 is 1.08 bits per heavy atom. The van der Waals surface area contributed by atoms with Crippen LogP contribution in [0, 0.1) is 35.0 Å². The van der Waals surface area contributed by atoms with E-state index in [1.54, 1.807) is 0 Å². The quantitative estimate of drug-likeness (QED) is 0.524. The van der Waals surface area contributed by atoms with Crippen molar-refractivity contribution in [1.82, 2.24) is 24.6 Å². The highest BCUT2D eigenvalue weighted by Crippen LogP contribution is 2.56. The predicted molar refractivity (Wildman–Crippen MR) is 136 cm³/mol. The molecule has 8 nitrogen and oxygen atoms in total. The number of hydrogen-bond donors (Lipinski definition) is 0. The van der Waals surface area contributed by atoms with Crippen molar-refractivity contribution < 1.29 is 0 Å². The summed E-state index contributed by atoms with van der Waals surface area (Å²) in [5, 5.41) is 28.9. The molecule has 1 saturated carbocycles. The number of halogens is 1. The first-order chi connectivity index (χ1) is 17.2. The highest BCUT2D eigenvalue weighted by Gasteiger charge is 2.54. The van der Waals surface area contributed by atoms with E-state index in [1.165, 1.54) is 0 Å². The number of fused-ring (bicyclic) bond motifs is 3. The molecule has 1 saturated heterocycles. The monoisotopic (exact) mass is 498 g/mol. The summed E-state index contributed by atoms with van der Waals surface area (Å²) >= 11 is 6.37. The first-order valence-electron chi connectivity index (χ1n) is 12.2. The maximum atomic E-state index is 9.78. The van der Waals surface area contributed by atoms with Crippen molar-refractivity contribution in [1.29, 1.82) is 10.5 Å². The lowest BCUT2D eigenvalue weighted by molar-refractivity contribution is 0.0581. The van der Waals surface area contributed by atoms with Crippen molar-refractivity contribution in [3.05, 3.63) is 63.8 Å². The number of aromatic nitrogens is 4. The maximum Gasteiger partial charge on any atom is 0.151 e. The molecule has 0 atom stereocenters.